The van der Waals surface area contributed by atoms with E-state index in [2.05, 4.69) is 5.32 Å². The first-order valence-corrected chi connectivity index (χ1v) is 6.46. The van der Waals surface area contributed by atoms with E-state index in [1.807, 2.05) is 0 Å². The fourth-order valence-electron chi connectivity index (χ4n) is 1.87. The summed E-state index contributed by atoms with van der Waals surface area (Å²) in [5, 5.41) is 3.24. The molecule has 0 radical (unpaired) electrons. The van der Waals surface area contributed by atoms with Gasteiger partial charge < -0.3 is 11.1 Å². The van der Waals surface area contributed by atoms with Crippen LogP contribution in [0.4, 0.5) is 10.1 Å². The summed E-state index contributed by atoms with van der Waals surface area (Å²) < 4.78 is 13.1. The minimum atomic E-state index is -0.338. The molecular formula is C15H14ClFN2O. The molecule has 0 aromatic heterocycles. The molecule has 2 aromatic carbocycles. The van der Waals surface area contributed by atoms with Gasteiger partial charge in [0.1, 0.15) is 5.82 Å². The van der Waals surface area contributed by atoms with Crippen molar-refractivity contribution in [2.45, 2.75) is 13.0 Å². The van der Waals surface area contributed by atoms with E-state index in [4.69, 9.17) is 17.3 Å². The maximum Gasteiger partial charge on any atom is 0.253 e. The number of rotatable bonds is 3. The fourth-order valence-corrected chi connectivity index (χ4v) is 2.05. The molecule has 0 saturated heterocycles. The van der Waals surface area contributed by atoms with Crippen LogP contribution in [-0.4, -0.2) is 5.91 Å². The van der Waals surface area contributed by atoms with E-state index < -0.39 is 0 Å². The Morgan fingerprint density at radius 1 is 1.30 bits per heavy atom. The van der Waals surface area contributed by atoms with Gasteiger partial charge in [-0.25, -0.2) is 4.39 Å². The Kier molecular flexibility index (Phi) is 4.25. The third-order valence-corrected chi connectivity index (χ3v) is 3.19. The molecule has 0 aliphatic carbocycles. The van der Waals surface area contributed by atoms with Gasteiger partial charge in [0, 0.05) is 10.7 Å². The molecule has 3 nitrogen and oxygen atoms in total. The highest BCUT2D eigenvalue weighted by molar-refractivity contribution is 6.31. The molecule has 1 amide bonds. The van der Waals surface area contributed by atoms with Crippen molar-refractivity contribution in [2.75, 3.05) is 5.73 Å². The van der Waals surface area contributed by atoms with E-state index in [1.54, 1.807) is 31.2 Å². The lowest BCUT2D eigenvalue weighted by Gasteiger charge is -2.15. The summed E-state index contributed by atoms with van der Waals surface area (Å²) in [5.41, 5.74) is 7.09. The van der Waals surface area contributed by atoms with Crippen LogP contribution in [0.2, 0.25) is 5.02 Å². The summed E-state index contributed by atoms with van der Waals surface area (Å²) in [6, 6.07) is 10.4. The van der Waals surface area contributed by atoms with Gasteiger partial charge in [0.2, 0.25) is 0 Å². The molecule has 1 atom stereocenters. The second kappa shape index (κ2) is 5.92. The van der Waals surface area contributed by atoms with E-state index in [0.29, 0.717) is 21.8 Å². The first-order chi connectivity index (χ1) is 9.47. The van der Waals surface area contributed by atoms with Crippen molar-refractivity contribution >= 4 is 23.2 Å². The number of anilines is 1. The van der Waals surface area contributed by atoms with Crippen LogP contribution in [0.1, 0.15) is 28.9 Å². The number of nitrogens with two attached hydrogens (primary N) is 1. The molecule has 0 saturated carbocycles. The number of halogens is 2. The predicted octanol–water partition coefficient (Wildman–Crippen LogP) is 3.55. The predicted molar refractivity (Wildman–Crippen MR) is 78.1 cm³/mol. The Hall–Kier alpha value is -2.07. The van der Waals surface area contributed by atoms with Gasteiger partial charge in [0.25, 0.3) is 5.91 Å². The monoisotopic (exact) mass is 292 g/mol. The highest BCUT2D eigenvalue weighted by Gasteiger charge is 2.14. The van der Waals surface area contributed by atoms with Crippen molar-refractivity contribution in [2.24, 2.45) is 0 Å². The van der Waals surface area contributed by atoms with Gasteiger partial charge in [-0.3, -0.25) is 4.79 Å². The number of hydrogen-bond acceptors (Lipinski definition) is 2. The Bertz CT molecular complexity index is 646. The molecule has 0 aliphatic rings. The SMILES string of the molecule is CC(NC(=O)c1ccc(Cl)cc1N)c1cccc(F)c1. The van der Waals surface area contributed by atoms with Crippen molar-refractivity contribution < 1.29 is 9.18 Å². The van der Waals surface area contributed by atoms with Gasteiger partial charge in [-0.1, -0.05) is 23.7 Å². The number of hydrogen-bond donors (Lipinski definition) is 2. The van der Waals surface area contributed by atoms with Gasteiger partial charge in [-0.15, -0.1) is 0 Å². The molecule has 2 rings (SSSR count). The van der Waals surface area contributed by atoms with Crippen LogP contribution in [0.25, 0.3) is 0 Å². The molecule has 20 heavy (non-hydrogen) atoms. The molecule has 0 aliphatic heterocycles. The zero-order chi connectivity index (χ0) is 14.7. The van der Waals surface area contributed by atoms with Crippen LogP contribution >= 0.6 is 11.6 Å². The minimum Gasteiger partial charge on any atom is -0.398 e. The third kappa shape index (κ3) is 3.27. The Labute approximate surface area is 121 Å². The molecule has 0 bridgehead atoms. The molecule has 3 N–H and O–H groups in total. The van der Waals surface area contributed by atoms with Crippen molar-refractivity contribution in [1.82, 2.24) is 5.32 Å². The smallest absolute Gasteiger partial charge is 0.253 e. The van der Waals surface area contributed by atoms with Crippen LogP contribution in [0.3, 0.4) is 0 Å². The maximum atomic E-state index is 13.1. The molecule has 1 unspecified atom stereocenters. The fraction of sp³-hybridized carbons (Fsp3) is 0.133. The van der Waals surface area contributed by atoms with Gasteiger partial charge >= 0.3 is 0 Å². The number of nitrogens with one attached hydrogen (secondary N) is 1. The van der Waals surface area contributed by atoms with Crippen LogP contribution in [0, 0.1) is 5.82 Å². The average molecular weight is 293 g/mol. The Balaban J connectivity index is 2.15. The summed E-state index contributed by atoms with van der Waals surface area (Å²) in [7, 11) is 0. The standard InChI is InChI=1S/C15H14ClFN2O/c1-9(10-3-2-4-12(17)7-10)19-15(20)13-6-5-11(16)8-14(13)18/h2-9H,18H2,1H3,(H,19,20). The zero-order valence-corrected chi connectivity index (χ0v) is 11.6. The summed E-state index contributed by atoms with van der Waals surface area (Å²) in [5.74, 6) is -0.662. The molecule has 0 spiro atoms. The maximum absolute atomic E-state index is 13.1. The summed E-state index contributed by atoms with van der Waals surface area (Å²) in [4.78, 5) is 12.1. The van der Waals surface area contributed by atoms with Crippen LogP contribution in [0.15, 0.2) is 42.5 Å². The van der Waals surface area contributed by atoms with E-state index in [0.717, 1.165) is 0 Å². The summed E-state index contributed by atoms with van der Waals surface area (Å²) in [6.45, 7) is 1.78. The quantitative estimate of drug-likeness (QED) is 0.850. The van der Waals surface area contributed by atoms with Gasteiger partial charge in [0.15, 0.2) is 0 Å². The van der Waals surface area contributed by atoms with E-state index in [1.165, 1.54) is 18.2 Å². The van der Waals surface area contributed by atoms with Crippen molar-refractivity contribution in [3.05, 3.63) is 64.4 Å². The third-order valence-electron chi connectivity index (χ3n) is 2.95. The zero-order valence-electron chi connectivity index (χ0n) is 10.9. The highest BCUT2D eigenvalue weighted by atomic mass is 35.5. The topological polar surface area (TPSA) is 55.1 Å². The normalized spacial score (nSPS) is 11.9. The lowest BCUT2D eigenvalue weighted by molar-refractivity contribution is 0.0940. The number of nitrogen functional groups attached to an aromatic ring is 1. The molecule has 5 heteroatoms. The Morgan fingerprint density at radius 2 is 2.05 bits per heavy atom. The number of amides is 1. The van der Waals surface area contributed by atoms with E-state index in [9.17, 15) is 9.18 Å². The number of benzene rings is 2. The number of carbonyl (C=O) groups excluding carboxylic acids is 1. The molecule has 0 heterocycles. The lowest BCUT2D eigenvalue weighted by Crippen LogP contribution is -2.27. The van der Waals surface area contributed by atoms with Crippen molar-refractivity contribution in [3.8, 4) is 0 Å². The van der Waals surface area contributed by atoms with Crippen LogP contribution in [-0.2, 0) is 0 Å². The van der Waals surface area contributed by atoms with E-state index in [-0.39, 0.29) is 17.8 Å². The molecule has 2 aromatic rings. The van der Waals surface area contributed by atoms with Gasteiger partial charge in [0.05, 0.1) is 11.6 Å². The first kappa shape index (κ1) is 14.3. The van der Waals surface area contributed by atoms with Crippen molar-refractivity contribution in [1.29, 1.82) is 0 Å². The second-order valence-corrected chi connectivity index (χ2v) is 4.92. The molecule has 0 fully saturated rings. The Morgan fingerprint density at radius 3 is 2.70 bits per heavy atom. The summed E-state index contributed by atoms with van der Waals surface area (Å²) in [6.07, 6.45) is 0. The lowest BCUT2D eigenvalue weighted by atomic mass is 10.1. The average Bonchev–Trinajstić information content (AvgIpc) is 2.38. The first-order valence-electron chi connectivity index (χ1n) is 6.08. The molecular weight excluding hydrogens is 279 g/mol. The largest absolute Gasteiger partial charge is 0.398 e. The minimum absolute atomic E-state index is 0.307. The highest BCUT2D eigenvalue weighted by Crippen LogP contribution is 2.20. The van der Waals surface area contributed by atoms with Gasteiger partial charge in [-0.05, 0) is 42.8 Å². The van der Waals surface area contributed by atoms with Crippen molar-refractivity contribution in [3.63, 3.8) is 0 Å². The van der Waals surface area contributed by atoms with Crippen LogP contribution < -0.4 is 11.1 Å². The molecule has 104 valence electrons. The van der Waals surface area contributed by atoms with Gasteiger partial charge in [-0.2, -0.15) is 0 Å². The van der Waals surface area contributed by atoms with E-state index >= 15 is 0 Å². The second-order valence-electron chi connectivity index (χ2n) is 4.48. The summed E-state index contributed by atoms with van der Waals surface area (Å²) >= 11 is 5.79. The van der Waals surface area contributed by atoms with Crippen LogP contribution in [0.5, 0.6) is 0 Å². The number of carbonyl (C=O) groups is 1.